The van der Waals surface area contributed by atoms with Gasteiger partial charge >= 0.3 is 0 Å². The zero-order chi connectivity index (χ0) is 23.6. The minimum atomic E-state index is -3.69. The zero-order valence-corrected chi connectivity index (χ0v) is 20.2. The maximum atomic E-state index is 13.6. The lowest BCUT2D eigenvalue weighted by molar-refractivity contribution is 0.00141. The van der Waals surface area contributed by atoms with Crippen molar-refractivity contribution >= 4 is 15.9 Å². The van der Waals surface area contributed by atoms with Crippen molar-refractivity contribution in [3.05, 3.63) is 71.3 Å². The number of ether oxygens (including phenoxy) is 1. The van der Waals surface area contributed by atoms with Crippen LogP contribution in [0.5, 0.6) is 0 Å². The third-order valence-corrected chi connectivity index (χ3v) is 7.64. The van der Waals surface area contributed by atoms with E-state index in [-0.39, 0.29) is 19.3 Å². The largest absolute Gasteiger partial charge is 0.366 e. The number of sulfone groups is 1. The maximum absolute atomic E-state index is 13.6. The van der Waals surface area contributed by atoms with E-state index in [1.165, 1.54) is 0 Å². The molecule has 1 aliphatic rings. The van der Waals surface area contributed by atoms with Gasteiger partial charge in [-0.2, -0.15) is 0 Å². The van der Waals surface area contributed by atoms with Crippen molar-refractivity contribution in [3.63, 3.8) is 0 Å². The van der Waals surface area contributed by atoms with Crippen LogP contribution < -0.4 is 0 Å². The minimum Gasteiger partial charge on any atom is -0.366 e. The molecule has 9 heteroatoms. The first-order chi connectivity index (χ1) is 15.8. The average Bonchev–Trinajstić information content (AvgIpc) is 3.14. The zero-order valence-electron chi connectivity index (χ0n) is 19.3. The molecule has 0 saturated carbocycles. The summed E-state index contributed by atoms with van der Waals surface area (Å²) >= 11 is 0. The molecule has 0 amide bonds. The molecule has 2 aromatic heterocycles. The van der Waals surface area contributed by atoms with Crippen LogP contribution in [-0.2, 0) is 26.7 Å². The Kier molecular flexibility index (Phi) is 7.99. The second-order valence-electron chi connectivity index (χ2n) is 8.60. The van der Waals surface area contributed by atoms with Crippen LogP contribution in [0.25, 0.3) is 11.8 Å². The number of hydrogen-bond donors (Lipinski definition) is 0. The van der Waals surface area contributed by atoms with Gasteiger partial charge in [-0.05, 0) is 51.3 Å². The summed E-state index contributed by atoms with van der Waals surface area (Å²) < 4.78 is 35.0. The summed E-state index contributed by atoms with van der Waals surface area (Å²) in [6, 6.07) is 7.86. The third kappa shape index (κ3) is 5.42. The van der Waals surface area contributed by atoms with Crippen LogP contribution in [0.1, 0.15) is 69.3 Å². The van der Waals surface area contributed by atoms with Crippen LogP contribution in [0.15, 0.2) is 42.7 Å². The first-order valence-corrected chi connectivity index (χ1v) is 12.8. The number of benzene rings is 1. The molecule has 34 heavy (non-hydrogen) atoms. The van der Waals surface area contributed by atoms with Crippen LogP contribution in [0.3, 0.4) is 0 Å². The van der Waals surface area contributed by atoms with Gasteiger partial charge in [0, 0.05) is 18.8 Å². The van der Waals surface area contributed by atoms with Crippen molar-refractivity contribution in [1.82, 2.24) is 24.7 Å². The number of para-hydroxylation sites is 1. The topological polar surface area (TPSA) is 99.9 Å². The quantitative estimate of drug-likeness (QED) is 0.490. The highest BCUT2D eigenvalue weighted by Crippen LogP contribution is 2.29. The van der Waals surface area contributed by atoms with Crippen LogP contribution >= 0.6 is 0 Å². The lowest BCUT2D eigenvalue weighted by Gasteiger charge is -2.25. The molecular formula is C25H33N5O3S. The molecule has 1 aromatic carbocycles. The van der Waals surface area contributed by atoms with E-state index in [4.69, 9.17) is 4.74 Å². The van der Waals surface area contributed by atoms with Gasteiger partial charge in [0.05, 0.1) is 17.0 Å². The molecule has 0 aliphatic carbocycles. The Hall–Kier alpha value is -2.91. The van der Waals surface area contributed by atoms with E-state index < -0.39 is 21.2 Å². The Morgan fingerprint density at radius 3 is 2.50 bits per heavy atom. The lowest BCUT2D eigenvalue weighted by Crippen LogP contribution is -2.32. The van der Waals surface area contributed by atoms with Gasteiger partial charge in [0.2, 0.25) is 0 Å². The number of fused-ring (bicyclic) bond motifs is 3. The molecule has 0 fully saturated rings. The molecule has 0 N–H and O–H groups in total. The van der Waals surface area contributed by atoms with E-state index in [1.807, 2.05) is 49.6 Å². The predicted molar refractivity (Wildman–Crippen MR) is 133 cm³/mol. The fourth-order valence-electron chi connectivity index (χ4n) is 3.87. The van der Waals surface area contributed by atoms with Crippen LogP contribution in [0.2, 0.25) is 0 Å². The summed E-state index contributed by atoms with van der Waals surface area (Å²) in [5, 5.41) is 7.73. The first-order valence-electron chi connectivity index (χ1n) is 11.1. The minimum absolute atomic E-state index is 0. The highest BCUT2D eigenvalue weighted by atomic mass is 32.2. The Labute approximate surface area is 202 Å². The van der Waals surface area contributed by atoms with Crippen molar-refractivity contribution in [3.8, 4) is 5.69 Å². The molecule has 0 bridgehead atoms. The van der Waals surface area contributed by atoms with Crippen LogP contribution in [0, 0.1) is 6.92 Å². The summed E-state index contributed by atoms with van der Waals surface area (Å²) in [7, 11) is -3.69. The van der Waals surface area contributed by atoms with Gasteiger partial charge < -0.3 is 4.74 Å². The second kappa shape index (κ2) is 10.6. The Morgan fingerprint density at radius 2 is 1.79 bits per heavy atom. The van der Waals surface area contributed by atoms with Crippen LogP contribution in [0.4, 0.5) is 0 Å². The molecule has 0 unspecified atom stereocenters. The normalized spacial score (nSPS) is 15.9. The van der Waals surface area contributed by atoms with Gasteiger partial charge in [-0.3, -0.25) is 4.57 Å². The molecule has 8 nitrogen and oxygen atoms in total. The predicted octanol–water partition coefficient (Wildman–Crippen LogP) is 4.43. The van der Waals surface area contributed by atoms with Gasteiger partial charge in [-0.1, -0.05) is 37.8 Å². The molecule has 0 radical (unpaired) electrons. The van der Waals surface area contributed by atoms with Crippen molar-refractivity contribution in [2.75, 3.05) is 0 Å². The van der Waals surface area contributed by atoms with Gasteiger partial charge in [0.15, 0.2) is 21.5 Å². The number of nitrogens with zero attached hydrogens (tertiary/aromatic N) is 5. The molecule has 3 aromatic rings. The Morgan fingerprint density at radius 1 is 1.09 bits per heavy atom. The van der Waals surface area contributed by atoms with Crippen molar-refractivity contribution in [1.29, 1.82) is 0 Å². The molecule has 0 spiro atoms. The molecule has 2 atom stereocenters. The Balaban J connectivity index is 0.00000324. The highest BCUT2D eigenvalue weighted by molar-refractivity contribution is 7.91. The highest BCUT2D eigenvalue weighted by Gasteiger charge is 2.35. The molecule has 182 valence electrons. The van der Waals surface area contributed by atoms with Crippen LogP contribution in [-0.4, -0.2) is 44.5 Å². The monoisotopic (exact) mass is 483 g/mol. The van der Waals surface area contributed by atoms with E-state index in [0.717, 1.165) is 29.1 Å². The van der Waals surface area contributed by atoms with Gasteiger partial charge in [-0.25, -0.2) is 18.4 Å². The summed E-state index contributed by atoms with van der Waals surface area (Å²) in [4.78, 5) is 8.69. The van der Waals surface area contributed by atoms with Gasteiger partial charge in [0.25, 0.3) is 0 Å². The molecule has 0 saturated heterocycles. The van der Waals surface area contributed by atoms with Crippen molar-refractivity contribution < 1.29 is 13.2 Å². The van der Waals surface area contributed by atoms with E-state index in [1.54, 1.807) is 19.3 Å². The summed E-state index contributed by atoms with van der Waals surface area (Å²) in [5.41, 5.74) is 2.77. The van der Waals surface area contributed by atoms with Gasteiger partial charge in [-0.15, -0.1) is 10.2 Å². The van der Waals surface area contributed by atoms with E-state index in [9.17, 15) is 8.42 Å². The number of rotatable bonds is 7. The van der Waals surface area contributed by atoms with E-state index in [0.29, 0.717) is 18.1 Å². The summed E-state index contributed by atoms with van der Waals surface area (Å²) in [5.74, 6) is 1.25. The standard InChI is InChI=1S/C24H29N5O3S.CH4/c1-16(2)32-23(24-25-13-17(3)14-26-24)18(4)33(30,31)15-22-28-27-21-12-8-6-10-19-9-5-7-11-20(19)29(21)22;/h5-7,9-11,13-14,16,18,23H,8,12,15H2,1-4H3;1H4/b10-6-;/t18-,23+;/m0./s1. The fraction of sp³-hybridized carbons (Fsp3) is 0.440. The summed E-state index contributed by atoms with van der Waals surface area (Å²) in [6.45, 7) is 7.26. The lowest BCUT2D eigenvalue weighted by atomic mass is 10.1. The first kappa shape index (κ1) is 25.7. The number of aryl methyl sites for hydroxylation is 2. The number of aromatic nitrogens is 5. The molecular weight excluding hydrogens is 450 g/mol. The number of allylic oxidation sites excluding steroid dienone is 1. The number of hydrogen-bond acceptors (Lipinski definition) is 7. The maximum Gasteiger partial charge on any atom is 0.163 e. The molecule has 1 aliphatic heterocycles. The third-order valence-electron chi connectivity index (χ3n) is 5.60. The van der Waals surface area contributed by atoms with E-state index >= 15 is 0 Å². The molecule has 3 heterocycles. The fourth-order valence-corrected chi connectivity index (χ4v) is 5.24. The van der Waals surface area contributed by atoms with Gasteiger partial charge in [0.1, 0.15) is 17.7 Å². The summed E-state index contributed by atoms with van der Waals surface area (Å²) in [6.07, 6.45) is 8.01. The van der Waals surface area contributed by atoms with E-state index in [2.05, 4.69) is 32.3 Å². The molecule has 4 rings (SSSR count). The van der Waals surface area contributed by atoms with Crippen molar-refractivity contribution in [2.45, 2.75) is 71.2 Å². The Bertz CT molecular complexity index is 1250. The average molecular weight is 484 g/mol. The van der Waals surface area contributed by atoms with Crippen molar-refractivity contribution in [2.24, 2.45) is 0 Å². The SMILES string of the molecule is C.Cc1cnc([C@H](OC(C)C)[C@H](C)S(=O)(=O)Cc2nnc3n2-c2ccccc2/C=C\CC3)nc1. The second-order valence-corrected chi connectivity index (χ2v) is 11.0. The smallest absolute Gasteiger partial charge is 0.163 e.